The van der Waals surface area contributed by atoms with E-state index in [0.29, 0.717) is 0 Å². The second kappa shape index (κ2) is 20.0. The fourth-order valence-corrected chi connectivity index (χ4v) is 9.91. The van der Waals surface area contributed by atoms with Gasteiger partial charge in [-0.05, 0) is 61.5 Å². The monoisotopic (exact) mass is 671 g/mol. The highest BCUT2D eigenvalue weighted by molar-refractivity contribution is 7.22. The van der Waals surface area contributed by atoms with Crippen molar-refractivity contribution in [1.29, 1.82) is 0 Å². The Kier molecular flexibility index (Phi) is 17.2. The van der Waals surface area contributed by atoms with E-state index in [2.05, 4.69) is 78.9 Å². The smallest absolute Gasteiger partial charge is 0.140 e. The predicted octanol–water partition coefficient (Wildman–Crippen LogP) is 16.1. The highest BCUT2D eigenvalue weighted by Gasteiger charge is 2.44. The predicted molar refractivity (Wildman–Crippen MR) is 209 cm³/mol. The number of unbranched alkanes of at least 4 members (excludes halogenated alkanes) is 18. The summed E-state index contributed by atoms with van der Waals surface area (Å²) in [6, 6.07) is 5.06. The molecule has 2 aromatic heterocycles. The standard InChI is InChI=1S/C43H74OS2/c1-9-13-15-17-19-21-23-25-27-29-31-43(32-30-28-26-24-22-20-18-16-14-10-2)35-33-37(41(5,6)11-3)45-39(35)40-36(44-43)34-38(46-40)42(7,8)12-4/h33-34H,9-32H2,1-8H3. The van der Waals surface area contributed by atoms with Crippen LogP contribution in [0.25, 0.3) is 9.75 Å². The van der Waals surface area contributed by atoms with Crippen molar-refractivity contribution in [3.8, 4) is 15.5 Å². The molecule has 0 aliphatic carbocycles. The molecule has 46 heavy (non-hydrogen) atoms. The van der Waals surface area contributed by atoms with E-state index in [0.717, 1.165) is 6.42 Å². The summed E-state index contributed by atoms with van der Waals surface area (Å²) in [7, 11) is 0. The number of rotatable bonds is 26. The zero-order valence-corrected chi connectivity index (χ0v) is 33.5. The first-order chi connectivity index (χ1) is 22.1. The lowest BCUT2D eigenvalue weighted by Gasteiger charge is -2.38. The molecule has 0 amide bonds. The van der Waals surface area contributed by atoms with Crippen LogP contribution in [0.5, 0.6) is 5.75 Å². The summed E-state index contributed by atoms with van der Waals surface area (Å²) < 4.78 is 7.41. The van der Waals surface area contributed by atoms with Gasteiger partial charge in [0.2, 0.25) is 0 Å². The minimum atomic E-state index is -0.171. The van der Waals surface area contributed by atoms with Crippen LogP contribution in [0.3, 0.4) is 0 Å². The van der Waals surface area contributed by atoms with Crippen LogP contribution in [-0.4, -0.2) is 0 Å². The summed E-state index contributed by atoms with van der Waals surface area (Å²) in [5.74, 6) is 1.19. The van der Waals surface area contributed by atoms with Crippen molar-refractivity contribution < 1.29 is 4.74 Å². The summed E-state index contributed by atoms with van der Waals surface area (Å²) >= 11 is 4.11. The third kappa shape index (κ3) is 11.4. The fraction of sp³-hybridized carbons (Fsp3) is 0.814. The van der Waals surface area contributed by atoms with Crippen molar-refractivity contribution in [3.05, 3.63) is 27.5 Å². The molecule has 3 rings (SSSR count). The Morgan fingerprint density at radius 2 is 0.870 bits per heavy atom. The first-order valence-electron chi connectivity index (χ1n) is 20.1. The molecule has 0 saturated heterocycles. The second-order valence-electron chi connectivity index (χ2n) is 16.1. The molecule has 0 unspecified atom stereocenters. The van der Waals surface area contributed by atoms with Gasteiger partial charge in [0.15, 0.2) is 0 Å². The van der Waals surface area contributed by atoms with Crippen LogP contribution in [0, 0.1) is 0 Å². The van der Waals surface area contributed by atoms with Crippen molar-refractivity contribution in [3.63, 3.8) is 0 Å². The average molecular weight is 671 g/mol. The van der Waals surface area contributed by atoms with E-state index in [1.165, 1.54) is 169 Å². The van der Waals surface area contributed by atoms with E-state index in [4.69, 9.17) is 4.74 Å². The topological polar surface area (TPSA) is 9.23 Å². The first-order valence-corrected chi connectivity index (χ1v) is 21.8. The van der Waals surface area contributed by atoms with Gasteiger partial charge in [-0.25, -0.2) is 0 Å². The molecule has 1 aliphatic heterocycles. The van der Waals surface area contributed by atoms with Gasteiger partial charge in [0.05, 0.1) is 9.75 Å². The number of ether oxygens (including phenoxy) is 1. The lowest BCUT2D eigenvalue weighted by Crippen LogP contribution is -2.35. The fourth-order valence-electron chi connectivity index (χ4n) is 7.08. The van der Waals surface area contributed by atoms with Gasteiger partial charge in [-0.15, -0.1) is 22.7 Å². The molecule has 0 spiro atoms. The highest BCUT2D eigenvalue weighted by Crippen LogP contribution is 2.58. The number of hydrogen-bond acceptors (Lipinski definition) is 3. The molecule has 2 aromatic rings. The molecule has 0 bridgehead atoms. The maximum Gasteiger partial charge on any atom is 0.140 e. The van der Waals surface area contributed by atoms with Crippen molar-refractivity contribution in [2.45, 2.75) is 226 Å². The van der Waals surface area contributed by atoms with Gasteiger partial charge in [0.1, 0.15) is 11.4 Å². The number of thiophene rings is 2. The summed E-state index contributed by atoms with van der Waals surface area (Å²) in [6.45, 7) is 19.0. The molecule has 0 radical (unpaired) electrons. The van der Waals surface area contributed by atoms with Gasteiger partial charge in [0, 0.05) is 15.3 Å². The Bertz CT molecular complexity index is 1080. The Morgan fingerprint density at radius 3 is 1.28 bits per heavy atom. The lowest BCUT2D eigenvalue weighted by molar-refractivity contribution is 0.0395. The van der Waals surface area contributed by atoms with Crippen LogP contribution < -0.4 is 4.74 Å². The maximum atomic E-state index is 7.41. The van der Waals surface area contributed by atoms with E-state index >= 15 is 0 Å². The molecule has 0 N–H and O–H groups in total. The molecule has 0 fully saturated rings. The van der Waals surface area contributed by atoms with Gasteiger partial charge in [0.25, 0.3) is 0 Å². The van der Waals surface area contributed by atoms with Crippen LogP contribution in [0.2, 0.25) is 0 Å². The number of fused-ring (bicyclic) bond motifs is 3. The van der Waals surface area contributed by atoms with Gasteiger partial charge in [-0.2, -0.15) is 0 Å². The largest absolute Gasteiger partial charge is 0.481 e. The molecule has 1 nitrogen and oxygen atoms in total. The molecule has 3 heterocycles. The molecule has 3 heteroatoms. The summed E-state index contributed by atoms with van der Waals surface area (Å²) in [5, 5.41) is 0. The van der Waals surface area contributed by atoms with E-state index < -0.39 is 0 Å². The van der Waals surface area contributed by atoms with Gasteiger partial charge in [-0.1, -0.05) is 171 Å². The minimum absolute atomic E-state index is 0.171. The normalized spacial score (nSPS) is 14.3. The SMILES string of the molecule is CCCCCCCCCCCCC1(CCCCCCCCCCCC)Oc2cc(C(C)(C)CC)sc2-c2sc(C(C)(C)CC)cc21. The Labute approximate surface area is 295 Å². The highest BCUT2D eigenvalue weighted by atomic mass is 32.1. The van der Waals surface area contributed by atoms with Gasteiger partial charge >= 0.3 is 0 Å². The van der Waals surface area contributed by atoms with Crippen molar-refractivity contribution in [2.75, 3.05) is 0 Å². The van der Waals surface area contributed by atoms with E-state index in [9.17, 15) is 0 Å². The van der Waals surface area contributed by atoms with Crippen LogP contribution in [0.1, 0.15) is 225 Å². The maximum absolute atomic E-state index is 7.41. The van der Waals surface area contributed by atoms with Crippen LogP contribution in [0.15, 0.2) is 12.1 Å². The first kappa shape index (κ1) is 39.6. The molecular weight excluding hydrogens is 597 g/mol. The molecule has 264 valence electrons. The molecule has 0 saturated carbocycles. The summed E-state index contributed by atoms with van der Waals surface area (Å²) in [5.41, 5.74) is 1.75. The number of hydrogen-bond donors (Lipinski definition) is 0. The average Bonchev–Trinajstić information content (AvgIpc) is 3.69. The van der Waals surface area contributed by atoms with E-state index in [1.54, 1.807) is 9.75 Å². The summed E-state index contributed by atoms with van der Waals surface area (Å²) in [4.78, 5) is 6.00. The third-order valence-corrected chi connectivity index (χ3v) is 14.6. The van der Waals surface area contributed by atoms with Gasteiger partial charge < -0.3 is 4.74 Å². The molecular formula is C43H74OS2. The van der Waals surface area contributed by atoms with Crippen molar-refractivity contribution in [1.82, 2.24) is 0 Å². The van der Waals surface area contributed by atoms with E-state index in [-0.39, 0.29) is 16.4 Å². The summed E-state index contributed by atoms with van der Waals surface area (Å²) in [6.07, 6.45) is 32.4. The second-order valence-corrected chi connectivity index (χ2v) is 18.2. The molecule has 1 aliphatic rings. The lowest BCUT2D eigenvalue weighted by atomic mass is 9.80. The zero-order valence-electron chi connectivity index (χ0n) is 31.9. The van der Waals surface area contributed by atoms with Crippen LogP contribution >= 0.6 is 22.7 Å². The van der Waals surface area contributed by atoms with Crippen LogP contribution in [-0.2, 0) is 16.4 Å². The van der Waals surface area contributed by atoms with Crippen molar-refractivity contribution >= 4 is 22.7 Å². The Balaban J connectivity index is 1.76. The Hall–Kier alpha value is -0.800. The minimum Gasteiger partial charge on any atom is -0.481 e. The molecule has 0 aromatic carbocycles. The third-order valence-electron chi connectivity index (χ3n) is 11.4. The Morgan fingerprint density at radius 1 is 0.500 bits per heavy atom. The van der Waals surface area contributed by atoms with E-state index in [1.807, 2.05) is 11.3 Å². The quantitative estimate of drug-likeness (QED) is 0.0905. The van der Waals surface area contributed by atoms with Crippen molar-refractivity contribution in [2.24, 2.45) is 0 Å². The zero-order chi connectivity index (χ0) is 33.5. The van der Waals surface area contributed by atoms with Gasteiger partial charge in [-0.3, -0.25) is 0 Å². The molecule has 0 atom stereocenters. The van der Waals surface area contributed by atoms with Crippen LogP contribution in [0.4, 0.5) is 0 Å².